The Kier molecular flexibility index (Phi) is 4.37. The first kappa shape index (κ1) is 15.6. The van der Waals surface area contributed by atoms with Crippen LogP contribution in [0.15, 0.2) is 46.9 Å². The average molecular weight is 348 g/mol. The lowest BCUT2D eigenvalue weighted by molar-refractivity contribution is -0.142. The van der Waals surface area contributed by atoms with Gasteiger partial charge in [0.05, 0.1) is 0 Å². The van der Waals surface area contributed by atoms with Crippen LogP contribution in [0.4, 0.5) is 5.69 Å². The molecule has 0 aliphatic carbocycles. The van der Waals surface area contributed by atoms with Crippen molar-refractivity contribution in [2.24, 2.45) is 0 Å². The normalized spacial score (nSPS) is 13.5. The lowest BCUT2D eigenvalue weighted by Gasteiger charge is -2.28. The number of halogens is 1. The summed E-state index contributed by atoms with van der Waals surface area (Å²) in [4.78, 5) is 11.8. The van der Waals surface area contributed by atoms with E-state index in [1.165, 1.54) is 0 Å². The van der Waals surface area contributed by atoms with E-state index in [2.05, 4.69) is 21.2 Å². The van der Waals surface area contributed by atoms with Crippen molar-refractivity contribution in [3.63, 3.8) is 0 Å². The van der Waals surface area contributed by atoms with Gasteiger partial charge in [0.1, 0.15) is 0 Å². The Morgan fingerprint density at radius 2 is 1.62 bits per heavy atom. The zero-order valence-corrected chi connectivity index (χ0v) is 13.9. The van der Waals surface area contributed by atoms with Gasteiger partial charge in [-0.05, 0) is 50.6 Å². The summed E-state index contributed by atoms with van der Waals surface area (Å²) in [7, 11) is 0. The van der Waals surface area contributed by atoms with Gasteiger partial charge in [-0.2, -0.15) is 0 Å². The third-order valence-corrected chi connectivity index (χ3v) is 3.99. The Morgan fingerprint density at radius 3 is 2.10 bits per heavy atom. The van der Waals surface area contributed by atoms with Gasteiger partial charge < -0.3 is 10.4 Å². The Balaban J connectivity index is 2.44. The fourth-order valence-corrected chi connectivity index (χ4v) is 2.60. The quantitative estimate of drug-likeness (QED) is 0.857. The highest BCUT2D eigenvalue weighted by Crippen LogP contribution is 2.29. The smallest absolute Gasteiger partial charge is 0.333 e. The molecule has 1 atom stereocenters. The molecule has 4 heteroatoms. The van der Waals surface area contributed by atoms with Crippen LogP contribution in [-0.2, 0) is 10.3 Å². The molecular weight excluding hydrogens is 330 g/mol. The lowest BCUT2D eigenvalue weighted by Crippen LogP contribution is -2.40. The predicted molar refractivity (Wildman–Crippen MR) is 88.7 cm³/mol. The van der Waals surface area contributed by atoms with Gasteiger partial charge in [0, 0.05) is 10.2 Å². The molecule has 0 amide bonds. The molecule has 2 N–H and O–H groups in total. The molecule has 1 unspecified atom stereocenters. The average Bonchev–Trinajstić information content (AvgIpc) is 2.40. The summed E-state index contributed by atoms with van der Waals surface area (Å²) in [6.07, 6.45) is 0. The number of carboxylic acid groups (broad SMARTS) is 1. The second-order valence-electron chi connectivity index (χ2n) is 5.44. The molecule has 0 aliphatic rings. The Hall–Kier alpha value is -1.81. The first-order valence-corrected chi connectivity index (χ1v) is 7.46. The van der Waals surface area contributed by atoms with Crippen LogP contribution in [0.2, 0.25) is 0 Å². The van der Waals surface area contributed by atoms with Crippen LogP contribution in [0.25, 0.3) is 0 Å². The monoisotopic (exact) mass is 347 g/mol. The molecule has 3 nitrogen and oxygen atoms in total. The van der Waals surface area contributed by atoms with Gasteiger partial charge in [0.2, 0.25) is 0 Å². The van der Waals surface area contributed by atoms with Crippen LogP contribution in [0, 0.1) is 13.8 Å². The number of hydrogen-bond acceptors (Lipinski definition) is 2. The summed E-state index contributed by atoms with van der Waals surface area (Å²) in [5.74, 6) is -0.907. The van der Waals surface area contributed by atoms with Gasteiger partial charge in [-0.1, -0.05) is 45.3 Å². The number of benzene rings is 2. The van der Waals surface area contributed by atoms with Crippen molar-refractivity contribution < 1.29 is 9.90 Å². The van der Waals surface area contributed by atoms with E-state index in [1.807, 2.05) is 56.3 Å². The van der Waals surface area contributed by atoms with Crippen molar-refractivity contribution in [2.75, 3.05) is 5.32 Å². The molecular formula is C17H18BrNO2. The minimum atomic E-state index is -1.18. The van der Waals surface area contributed by atoms with Crippen LogP contribution in [0.5, 0.6) is 0 Å². The Bertz CT molecular complexity index is 647. The predicted octanol–water partition coefficient (Wildman–Crippen LogP) is 4.48. The maximum atomic E-state index is 11.8. The molecule has 0 radical (unpaired) electrons. The van der Waals surface area contributed by atoms with Gasteiger partial charge in [-0.15, -0.1) is 0 Å². The van der Waals surface area contributed by atoms with E-state index in [0.717, 1.165) is 26.9 Å². The molecule has 0 aromatic heterocycles. The molecule has 0 heterocycles. The molecule has 2 aromatic carbocycles. The van der Waals surface area contributed by atoms with Crippen LogP contribution < -0.4 is 5.32 Å². The molecule has 0 aliphatic heterocycles. The van der Waals surface area contributed by atoms with Crippen molar-refractivity contribution in [3.8, 4) is 0 Å². The van der Waals surface area contributed by atoms with Gasteiger partial charge in [0.25, 0.3) is 0 Å². The maximum Gasteiger partial charge on any atom is 0.333 e. The summed E-state index contributed by atoms with van der Waals surface area (Å²) in [5, 5.41) is 12.8. The van der Waals surface area contributed by atoms with E-state index in [9.17, 15) is 9.90 Å². The van der Waals surface area contributed by atoms with E-state index in [-0.39, 0.29) is 0 Å². The minimum Gasteiger partial charge on any atom is -0.479 e. The number of hydrogen-bond donors (Lipinski definition) is 2. The number of carboxylic acids is 1. The SMILES string of the molecule is Cc1cc(C)cc(C(C)(Nc2ccc(Br)cc2)C(=O)O)c1. The highest BCUT2D eigenvalue weighted by Gasteiger charge is 2.35. The molecule has 2 aromatic rings. The highest BCUT2D eigenvalue weighted by atomic mass is 79.9. The highest BCUT2D eigenvalue weighted by molar-refractivity contribution is 9.10. The summed E-state index contributed by atoms with van der Waals surface area (Å²) < 4.78 is 0.955. The van der Waals surface area contributed by atoms with Crippen molar-refractivity contribution in [3.05, 3.63) is 63.6 Å². The molecule has 2 rings (SSSR count). The van der Waals surface area contributed by atoms with Crippen LogP contribution in [-0.4, -0.2) is 11.1 Å². The molecule has 0 spiro atoms. The van der Waals surface area contributed by atoms with E-state index >= 15 is 0 Å². The van der Waals surface area contributed by atoms with Crippen molar-refractivity contribution in [1.82, 2.24) is 0 Å². The summed E-state index contributed by atoms with van der Waals surface area (Å²) >= 11 is 3.37. The third-order valence-electron chi connectivity index (χ3n) is 3.47. The standard InChI is InChI=1S/C17H18BrNO2/c1-11-8-12(2)10-13(9-11)17(3,16(20)21)19-15-6-4-14(18)5-7-15/h4-10,19H,1-3H3,(H,20,21). The number of aryl methyl sites for hydroxylation is 2. The Labute approximate surface area is 133 Å². The van der Waals surface area contributed by atoms with E-state index < -0.39 is 11.5 Å². The first-order chi connectivity index (χ1) is 9.81. The fourth-order valence-electron chi connectivity index (χ4n) is 2.33. The zero-order valence-electron chi connectivity index (χ0n) is 12.3. The van der Waals surface area contributed by atoms with E-state index in [0.29, 0.717) is 0 Å². The fraction of sp³-hybridized carbons (Fsp3) is 0.235. The number of aliphatic carboxylic acids is 1. The van der Waals surface area contributed by atoms with Crippen molar-refractivity contribution in [1.29, 1.82) is 0 Å². The second-order valence-corrected chi connectivity index (χ2v) is 6.35. The first-order valence-electron chi connectivity index (χ1n) is 6.67. The summed E-state index contributed by atoms with van der Waals surface area (Å²) in [6.45, 7) is 5.63. The van der Waals surface area contributed by atoms with E-state index in [1.54, 1.807) is 6.92 Å². The van der Waals surface area contributed by atoms with Gasteiger partial charge in [0.15, 0.2) is 5.54 Å². The van der Waals surface area contributed by atoms with Crippen LogP contribution >= 0.6 is 15.9 Å². The maximum absolute atomic E-state index is 11.8. The van der Waals surface area contributed by atoms with Gasteiger partial charge >= 0.3 is 5.97 Å². The molecule has 110 valence electrons. The van der Waals surface area contributed by atoms with Crippen molar-refractivity contribution >= 4 is 27.6 Å². The second kappa shape index (κ2) is 5.90. The van der Waals surface area contributed by atoms with Gasteiger partial charge in [-0.25, -0.2) is 4.79 Å². The van der Waals surface area contributed by atoms with E-state index in [4.69, 9.17) is 0 Å². The Morgan fingerprint density at radius 1 is 1.10 bits per heavy atom. The molecule has 0 bridgehead atoms. The number of nitrogens with one attached hydrogen (secondary N) is 1. The molecule has 0 saturated carbocycles. The summed E-state index contributed by atoms with van der Waals surface area (Å²) in [5.41, 5.74) is 2.44. The number of carbonyl (C=O) groups is 1. The minimum absolute atomic E-state index is 0.746. The number of anilines is 1. The number of rotatable bonds is 4. The third kappa shape index (κ3) is 3.45. The van der Waals surface area contributed by atoms with Crippen LogP contribution in [0.1, 0.15) is 23.6 Å². The molecule has 0 fully saturated rings. The molecule has 0 saturated heterocycles. The van der Waals surface area contributed by atoms with Gasteiger partial charge in [-0.3, -0.25) is 0 Å². The summed E-state index contributed by atoms with van der Waals surface area (Å²) in [6, 6.07) is 13.3. The zero-order chi connectivity index (χ0) is 15.6. The lowest BCUT2D eigenvalue weighted by atomic mass is 9.89. The largest absolute Gasteiger partial charge is 0.479 e. The van der Waals surface area contributed by atoms with Crippen LogP contribution in [0.3, 0.4) is 0 Å². The molecule has 21 heavy (non-hydrogen) atoms. The topological polar surface area (TPSA) is 49.3 Å². The van der Waals surface area contributed by atoms with Crippen molar-refractivity contribution in [2.45, 2.75) is 26.3 Å².